The molecule has 102 valence electrons. The molecule has 0 aliphatic carbocycles. The lowest BCUT2D eigenvalue weighted by Crippen LogP contribution is -2.33. The van der Waals surface area contributed by atoms with E-state index in [0.717, 1.165) is 31.7 Å². The van der Waals surface area contributed by atoms with Gasteiger partial charge in [0.25, 0.3) is 0 Å². The lowest BCUT2D eigenvalue weighted by molar-refractivity contribution is 0.304. The standard InChI is InChI=1S/C11H25N3O2S/c1-4-17(16)9-8-13-7-5-6-11(2,3)10(12)14-15/h13,15H,4-9H2,1-3H3,(H2,12,14). The van der Waals surface area contributed by atoms with Crippen molar-refractivity contribution in [2.75, 3.05) is 24.6 Å². The molecule has 0 heterocycles. The van der Waals surface area contributed by atoms with Crippen molar-refractivity contribution >= 4 is 16.6 Å². The first-order chi connectivity index (χ1) is 7.94. The van der Waals surface area contributed by atoms with Crippen molar-refractivity contribution < 1.29 is 9.42 Å². The summed E-state index contributed by atoms with van der Waals surface area (Å²) in [5, 5.41) is 14.9. The molecule has 0 aromatic rings. The molecule has 0 fully saturated rings. The predicted molar refractivity (Wildman–Crippen MR) is 72.8 cm³/mol. The second kappa shape index (κ2) is 8.47. The molecule has 4 N–H and O–H groups in total. The van der Waals surface area contributed by atoms with Crippen molar-refractivity contribution in [1.82, 2.24) is 5.32 Å². The Hall–Kier alpha value is -0.620. The van der Waals surface area contributed by atoms with E-state index in [4.69, 9.17) is 10.9 Å². The average molecular weight is 263 g/mol. The third-order valence-corrected chi connectivity index (χ3v) is 4.09. The van der Waals surface area contributed by atoms with E-state index in [2.05, 4.69) is 10.5 Å². The van der Waals surface area contributed by atoms with Crippen LogP contribution in [0.15, 0.2) is 5.16 Å². The summed E-state index contributed by atoms with van der Waals surface area (Å²) in [6.07, 6.45) is 1.80. The largest absolute Gasteiger partial charge is 0.409 e. The van der Waals surface area contributed by atoms with Crippen LogP contribution in [0.25, 0.3) is 0 Å². The zero-order valence-electron chi connectivity index (χ0n) is 11.0. The fraction of sp³-hybridized carbons (Fsp3) is 0.909. The van der Waals surface area contributed by atoms with Gasteiger partial charge in [0.1, 0.15) is 5.84 Å². The molecule has 0 spiro atoms. The van der Waals surface area contributed by atoms with Crippen molar-refractivity contribution in [2.24, 2.45) is 16.3 Å². The fourth-order valence-electron chi connectivity index (χ4n) is 1.37. The number of hydrogen-bond acceptors (Lipinski definition) is 4. The number of nitrogens with zero attached hydrogens (tertiary/aromatic N) is 1. The SMILES string of the molecule is CCS(=O)CCNCCCC(C)(C)C(N)=NO. The molecule has 0 aliphatic rings. The quantitative estimate of drug-likeness (QED) is 0.190. The zero-order valence-corrected chi connectivity index (χ0v) is 11.8. The molecule has 0 aromatic heterocycles. The van der Waals surface area contributed by atoms with Crippen LogP contribution in [0.5, 0.6) is 0 Å². The molecular weight excluding hydrogens is 238 g/mol. The van der Waals surface area contributed by atoms with Crippen LogP contribution < -0.4 is 11.1 Å². The summed E-state index contributed by atoms with van der Waals surface area (Å²) in [6, 6.07) is 0. The minimum atomic E-state index is -0.693. The Balaban J connectivity index is 3.61. The van der Waals surface area contributed by atoms with Crippen LogP contribution in [-0.4, -0.2) is 39.8 Å². The number of hydrogen-bond donors (Lipinski definition) is 3. The van der Waals surface area contributed by atoms with Crippen molar-refractivity contribution in [3.05, 3.63) is 0 Å². The van der Waals surface area contributed by atoms with E-state index in [1.807, 2.05) is 20.8 Å². The molecule has 1 unspecified atom stereocenters. The molecule has 6 heteroatoms. The van der Waals surface area contributed by atoms with Crippen molar-refractivity contribution in [3.8, 4) is 0 Å². The summed E-state index contributed by atoms with van der Waals surface area (Å²) in [4.78, 5) is 0. The minimum Gasteiger partial charge on any atom is -0.409 e. The van der Waals surface area contributed by atoms with E-state index in [9.17, 15) is 4.21 Å². The number of nitrogens with two attached hydrogens (primary N) is 1. The third-order valence-electron chi connectivity index (χ3n) is 2.78. The molecule has 17 heavy (non-hydrogen) atoms. The van der Waals surface area contributed by atoms with Gasteiger partial charge in [0, 0.05) is 34.3 Å². The normalized spacial score (nSPS) is 14.9. The van der Waals surface area contributed by atoms with E-state index in [-0.39, 0.29) is 11.3 Å². The molecular formula is C11H25N3O2S. The Labute approximate surface area is 106 Å². The van der Waals surface area contributed by atoms with E-state index >= 15 is 0 Å². The summed E-state index contributed by atoms with van der Waals surface area (Å²) < 4.78 is 11.1. The van der Waals surface area contributed by atoms with E-state index in [1.54, 1.807) is 0 Å². The Morgan fingerprint density at radius 2 is 2.12 bits per heavy atom. The molecule has 0 radical (unpaired) electrons. The first kappa shape index (κ1) is 16.4. The Bertz CT molecular complexity index is 267. The number of oxime groups is 1. The fourth-order valence-corrected chi connectivity index (χ4v) is 2.03. The van der Waals surface area contributed by atoms with Crippen LogP contribution in [0, 0.1) is 5.41 Å². The van der Waals surface area contributed by atoms with Crippen LogP contribution in [0.1, 0.15) is 33.6 Å². The lowest BCUT2D eigenvalue weighted by atomic mass is 9.86. The third kappa shape index (κ3) is 7.33. The highest BCUT2D eigenvalue weighted by atomic mass is 32.2. The highest BCUT2D eigenvalue weighted by Gasteiger charge is 2.22. The molecule has 1 atom stereocenters. The predicted octanol–water partition coefficient (Wildman–Crippen LogP) is 0.897. The van der Waals surface area contributed by atoms with Crippen LogP contribution in [0.2, 0.25) is 0 Å². The highest BCUT2D eigenvalue weighted by Crippen LogP contribution is 2.21. The van der Waals surface area contributed by atoms with Gasteiger partial charge < -0.3 is 16.3 Å². The first-order valence-corrected chi connectivity index (χ1v) is 7.46. The molecule has 0 saturated carbocycles. The van der Waals surface area contributed by atoms with Crippen LogP contribution >= 0.6 is 0 Å². The number of rotatable bonds is 9. The maximum atomic E-state index is 11.1. The molecule has 0 aliphatic heterocycles. The Morgan fingerprint density at radius 1 is 1.47 bits per heavy atom. The topological polar surface area (TPSA) is 87.7 Å². The van der Waals surface area contributed by atoms with Gasteiger partial charge in [-0.2, -0.15) is 0 Å². The maximum Gasteiger partial charge on any atom is 0.144 e. The lowest BCUT2D eigenvalue weighted by Gasteiger charge is -2.22. The van der Waals surface area contributed by atoms with E-state index in [0.29, 0.717) is 5.75 Å². The molecule has 0 saturated heterocycles. The molecule has 0 rings (SSSR count). The van der Waals surface area contributed by atoms with Gasteiger partial charge in [0.15, 0.2) is 0 Å². The first-order valence-electron chi connectivity index (χ1n) is 5.97. The van der Waals surface area contributed by atoms with Crippen molar-refractivity contribution in [2.45, 2.75) is 33.6 Å². The smallest absolute Gasteiger partial charge is 0.144 e. The van der Waals surface area contributed by atoms with Gasteiger partial charge in [0.05, 0.1) is 0 Å². The van der Waals surface area contributed by atoms with Gasteiger partial charge >= 0.3 is 0 Å². The molecule has 0 amide bonds. The monoisotopic (exact) mass is 263 g/mol. The Morgan fingerprint density at radius 3 is 2.65 bits per heavy atom. The summed E-state index contributed by atoms with van der Waals surface area (Å²) in [5.74, 6) is 1.70. The van der Waals surface area contributed by atoms with Gasteiger partial charge in [-0.1, -0.05) is 25.9 Å². The highest BCUT2D eigenvalue weighted by molar-refractivity contribution is 7.84. The maximum absolute atomic E-state index is 11.1. The Kier molecular flexibility index (Phi) is 8.16. The average Bonchev–Trinajstić information content (AvgIpc) is 2.31. The van der Waals surface area contributed by atoms with Crippen molar-refractivity contribution in [1.29, 1.82) is 0 Å². The summed E-state index contributed by atoms with van der Waals surface area (Å²) in [5.41, 5.74) is 5.31. The van der Waals surface area contributed by atoms with Crippen LogP contribution in [-0.2, 0) is 10.8 Å². The van der Waals surface area contributed by atoms with Gasteiger partial charge in [-0.3, -0.25) is 4.21 Å². The summed E-state index contributed by atoms with van der Waals surface area (Å²) >= 11 is 0. The van der Waals surface area contributed by atoms with Gasteiger partial charge in [-0.25, -0.2) is 0 Å². The zero-order chi connectivity index (χ0) is 13.3. The van der Waals surface area contributed by atoms with Crippen LogP contribution in [0.4, 0.5) is 0 Å². The van der Waals surface area contributed by atoms with Gasteiger partial charge in [0.2, 0.25) is 0 Å². The second-order valence-electron chi connectivity index (χ2n) is 4.66. The number of amidine groups is 1. The van der Waals surface area contributed by atoms with Gasteiger partial charge in [-0.05, 0) is 19.4 Å². The minimum absolute atomic E-state index is 0.268. The van der Waals surface area contributed by atoms with E-state index in [1.165, 1.54) is 0 Å². The summed E-state index contributed by atoms with van der Waals surface area (Å²) in [7, 11) is -0.693. The number of nitrogens with one attached hydrogen (secondary N) is 1. The molecule has 0 aromatic carbocycles. The summed E-state index contributed by atoms with van der Waals surface area (Å²) in [6.45, 7) is 7.48. The van der Waals surface area contributed by atoms with Gasteiger partial charge in [-0.15, -0.1) is 0 Å². The van der Waals surface area contributed by atoms with E-state index < -0.39 is 10.8 Å². The molecule has 5 nitrogen and oxygen atoms in total. The second-order valence-corrected chi connectivity index (χ2v) is 6.52. The molecule has 0 bridgehead atoms. The van der Waals surface area contributed by atoms with Crippen molar-refractivity contribution in [3.63, 3.8) is 0 Å². The van der Waals surface area contributed by atoms with Crippen LogP contribution in [0.3, 0.4) is 0 Å².